The number of carbonyl (C=O) groups is 1. The Morgan fingerprint density at radius 1 is 1.56 bits per heavy atom. The molecule has 4 heteroatoms. The zero-order valence-electron chi connectivity index (χ0n) is 10.8. The second-order valence-electron chi connectivity index (χ2n) is 5.58. The maximum atomic E-state index is 12.1. The molecule has 16 heavy (non-hydrogen) atoms. The van der Waals surface area contributed by atoms with Crippen molar-refractivity contribution in [2.45, 2.75) is 45.8 Å². The van der Waals surface area contributed by atoms with Crippen LogP contribution in [0.2, 0.25) is 0 Å². The lowest BCUT2D eigenvalue weighted by molar-refractivity contribution is -0.154. The van der Waals surface area contributed by atoms with Gasteiger partial charge in [0.05, 0.1) is 18.2 Å². The Kier molecular flexibility index (Phi) is 4.33. The van der Waals surface area contributed by atoms with Crippen LogP contribution < -0.4 is 5.73 Å². The normalized spacial score (nSPS) is 24.9. The van der Waals surface area contributed by atoms with Crippen LogP contribution in [0.1, 0.15) is 34.1 Å². The van der Waals surface area contributed by atoms with Crippen molar-refractivity contribution < 1.29 is 9.53 Å². The van der Waals surface area contributed by atoms with Gasteiger partial charge in [-0.2, -0.15) is 0 Å². The largest absolute Gasteiger partial charge is 0.373 e. The van der Waals surface area contributed by atoms with E-state index in [1.165, 1.54) is 0 Å². The van der Waals surface area contributed by atoms with Crippen LogP contribution >= 0.6 is 0 Å². The van der Waals surface area contributed by atoms with Crippen LogP contribution in [0.25, 0.3) is 0 Å². The van der Waals surface area contributed by atoms with Crippen LogP contribution in [-0.2, 0) is 9.53 Å². The summed E-state index contributed by atoms with van der Waals surface area (Å²) < 4.78 is 5.61. The van der Waals surface area contributed by atoms with Crippen molar-refractivity contribution in [1.29, 1.82) is 0 Å². The maximum Gasteiger partial charge on any atom is 0.223 e. The molecule has 0 spiro atoms. The number of nitrogens with two attached hydrogens (primary N) is 1. The van der Waals surface area contributed by atoms with Crippen LogP contribution in [0.3, 0.4) is 0 Å². The molecule has 0 radical (unpaired) electrons. The molecular formula is C12H24N2O2. The molecule has 1 rings (SSSR count). The second-order valence-corrected chi connectivity index (χ2v) is 5.58. The van der Waals surface area contributed by atoms with Crippen molar-refractivity contribution in [2.24, 2.45) is 11.7 Å². The Morgan fingerprint density at radius 3 is 2.69 bits per heavy atom. The SMILES string of the molecule is CC(C)CC(=O)N1CC(CN)OCC1(C)C. The van der Waals surface area contributed by atoms with Gasteiger partial charge in [-0.15, -0.1) is 0 Å². The minimum absolute atomic E-state index is 0.0101. The predicted molar refractivity (Wildman–Crippen MR) is 64.0 cm³/mol. The quantitative estimate of drug-likeness (QED) is 0.784. The highest BCUT2D eigenvalue weighted by atomic mass is 16.5. The minimum Gasteiger partial charge on any atom is -0.373 e. The van der Waals surface area contributed by atoms with Gasteiger partial charge in [0, 0.05) is 19.5 Å². The maximum absolute atomic E-state index is 12.1. The molecule has 4 nitrogen and oxygen atoms in total. The summed E-state index contributed by atoms with van der Waals surface area (Å²) in [7, 11) is 0. The van der Waals surface area contributed by atoms with Gasteiger partial charge in [-0.25, -0.2) is 0 Å². The molecule has 1 fully saturated rings. The number of hydrogen-bond acceptors (Lipinski definition) is 3. The summed E-state index contributed by atoms with van der Waals surface area (Å²) in [5.41, 5.74) is 5.38. The van der Waals surface area contributed by atoms with E-state index in [0.717, 1.165) is 0 Å². The number of nitrogens with zero attached hydrogens (tertiary/aromatic N) is 1. The average molecular weight is 228 g/mol. The van der Waals surface area contributed by atoms with Crippen molar-refractivity contribution >= 4 is 5.91 Å². The van der Waals surface area contributed by atoms with Crippen molar-refractivity contribution in [3.63, 3.8) is 0 Å². The molecule has 1 amide bonds. The summed E-state index contributed by atoms with van der Waals surface area (Å²) in [6.45, 7) is 9.86. The third kappa shape index (κ3) is 3.19. The van der Waals surface area contributed by atoms with E-state index in [2.05, 4.69) is 13.8 Å². The van der Waals surface area contributed by atoms with Gasteiger partial charge in [0.25, 0.3) is 0 Å². The average Bonchev–Trinajstić information content (AvgIpc) is 2.16. The molecule has 94 valence electrons. The summed E-state index contributed by atoms with van der Waals surface area (Å²) in [6, 6.07) is 0. The van der Waals surface area contributed by atoms with Gasteiger partial charge in [0.2, 0.25) is 5.91 Å². The minimum atomic E-state index is -0.211. The lowest BCUT2D eigenvalue weighted by Gasteiger charge is -2.45. The highest BCUT2D eigenvalue weighted by molar-refractivity contribution is 5.77. The lowest BCUT2D eigenvalue weighted by Crippen LogP contribution is -2.59. The molecule has 1 atom stereocenters. The van der Waals surface area contributed by atoms with Gasteiger partial charge in [-0.1, -0.05) is 13.8 Å². The fourth-order valence-corrected chi connectivity index (χ4v) is 1.94. The fourth-order valence-electron chi connectivity index (χ4n) is 1.94. The van der Waals surface area contributed by atoms with Gasteiger partial charge in [0.1, 0.15) is 0 Å². The summed E-state index contributed by atoms with van der Waals surface area (Å²) in [5.74, 6) is 0.601. The van der Waals surface area contributed by atoms with E-state index in [1.54, 1.807) is 0 Å². The number of carbonyl (C=O) groups excluding carboxylic acids is 1. The number of morpholine rings is 1. The zero-order chi connectivity index (χ0) is 12.3. The second kappa shape index (κ2) is 5.15. The van der Waals surface area contributed by atoms with Crippen LogP contribution in [0.15, 0.2) is 0 Å². The Balaban J connectivity index is 2.69. The van der Waals surface area contributed by atoms with Gasteiger partial charge < -0.3 is 15.4 Å². The fraction of sp³-hybridized carbons (Fsp3) is 0.917. The molecule has 0 bridgehead atoms. The van der Waals surface area contributed by atoms with E-state index >= 15 is 0 Å². The van der Waals surface area contributed by atoms with Gasteiger partial charge >= 0.3 is 0 Å². The van der Waals surface area contributed by atoms with Crippen molar-refractivity contribution in [3.05, 3.63) is 0 Å². The van der Waals surface area contributed by atoms with E-state index < -0.39 is 0 Å². The topological polar surface area (TPSA) is 55.6 Å². The van der Waals surface area contributed by atoms with Crippen LogP contribution in [0.5, 0.6) is 0 Å². The molecule has 1 aliphatic rings. The van der Waals surface area contributed by atoms with E-state index in [1.807, 2.05) is 18.7 Å². The smallest absolute Gasteiger partial charge is 0.223 e. The molecule has 1 saturated heterocycles. The molecular weight excluding hydrogens is 204 g/mol. The Bertz CT molecular complexity index is 251. The number of rotatable bonds is 3. The standard InChI is InChI=1S/C12H24N2O2/c1-9(2)5-11(15)14-7-10(6-13)16-8-12(14,3)4/h9-10H,5-8,13H2,1-4H3. The van der Waals surface area contributed by atoms with Crippen LogP contribution in [0.4, 0.5) is 0 Å². The number of ether oxygens (including phenoxy) is 1. The van der Waals surface area contributed by atoms with Gasteiger partial charge in [0.15, 0.2) is 0 Å². The van der Waals surface area contributed by atoms with Gasteiger partial charge in [-0.3, -0.25) is 4.79 Å². The van der Waals surface area contributed by atoms with E-state index in [-0.39, 0.29) is 17.6 Å². The molecule has 0 aliphatic carbocycles. The molecule has 0 aromatic carbocycles. The van der Waals surface area contributed by atoms with E-state index in [4.69, 9.17) is 10.5 Å². The molecule has 0 aromatic rings. The highest BCUT2D eigenvalue weighted by Gasteiger charge is 2.37. The summed E-state index contributed by atoms with van der Waals surface area (Å²) in [6.07, 6.45) is 0.588. The first kappa shape index (κ1) is 13.5. The summed E-state index contributed by atoms with van der Waals surface area (Å²) in [5, 5.41) is 0. The molecule has 0 saturated carbocycles. The molecule has 1 unspecified atom stereocenters. The molecule has 0 aromatic heterocycles. The van der Waals surface area contributed by atoms with Crippen molar-refractivity contribution in [2.75, 3.05) is 19.7 Å². The lowest BCUT2D eigenvalue weighted by atomic mass is 9.98. The Morgan fingerprint density at radius 2 is 2.19 bits per heavy atom. The molecule has 2 N–H and O–H groups in total. The molecule has 1 aliphatic heterocycles. The third-order valence-corrected chi connectivity index (χ3v) is 2.94. The first-order chi connectivity index (χ1) is 7.36. The monoisotopic (exact) mass is 228 g/mol. The first-order valence-corrected chi connectivity index (χ1v) is 5.99. The zero-order valence-corrected chi connectivity index (χ0v) is 10.8. The summed E-state index contributed by atoms with van der Waals surface area (Å²) in [4.78, 5) is 14.0. The van der Waals surface area contributed by atoms with E-state index in [0.29, 0.717) is 32.0 Å². The first-order valence-electron chi connectivity index (χ1n) is 5.99. The van der Waals surface area contributed by atoms with Crippen molar-refractivity contribution in [1.82, 2.24) is 4.90 Å². The van der Waals surface area contributed by atoms with Crippen LogP contribution in [-0.4, -0.2) is 42.1 Å². The molecule has 1 heterocycles. The van der Waals surface area contributed by atoms with Crippen LogP contribution in [0, 0.1) is 5.92 Å². The Labute approximate surface area is 98.1 Å². The third-order valence-electron chi connectivity index (χ3n) is 2.94. The Hall–Kier alpha value is -0.610. The van der Waals surface area contributed by atoms with Gasteiger partial charge in [-0.05, 0) is 19.8 Å². The predicted octanol–water partition coefficient (Wildman–Crippen LogP) is 0.997. The van der Waals surface area contributed by atoms with E-state index in [9.17, 15) is 4.79 Å². The highest BCUT2D eigenvalue weighted by Crippen LogP contribution is 2.23. The number of hydrogen-bond donors (Lipinski definition) is 1. The number of amides is 1. The van der Waals surface area contributed by atoms with Crippen molar-refractivity contribution in [3.8, 4) is 0 Å². The summed E-state index contributed by atoms with van der Waals surface area (Å²) >= 11 is 0.